The molecule has 0 saturated heterocycles. The van der Waals surface area contributed by atoms with Gasteiger partial charge in [-0.3, -0.25) is 5.01 Å². The van der Waals surface area contributed by atoms with Gasteiger partial charge in [0.05, 0.1) is 27.5 Å². The van der Waals surface area contributed by atoms with Gasteiger partial charge >= 0.3 is 65.7 Å². The summed E-state index contributed by atoms with van der Waals surface area (Å²) in [5.74, 6) is -76.9. The second-order valence-electron chi connectivity index (χ2n) is 18.2. The maximum absolute atomic E-state index is 14.7. The summed E-state index contributed by atoms with van der Waals surface area (Å²) in [5.41, 5.74) is 0.494. The fraction of sp³-hybridized carbons (Fsp3) is 0.358. The molecule has 0 atom stereocenters. The standard InChI is InChI=1S/C53H39F24N3O2S/c1-2-26-80(30-36-16-14-34(15-17-36)24-25-43(54,55)45(59,60)46(61,62)47(63,64)48(65,66)49(67,68)50(69,70)51(71,72)52(73,74)53(75,76)77)79-78-38-21-18-35(29-37(38)44(56,57)58)20-23-40-42-41(81-27-28-82-42)39(83-40)22-19-33-12-10-32(11-13-33)9-8-31-6-4-3-5-7-31/h3-23,29H,2,24-28,30H2,1H3/b9-8+,22-19+,23-20+,79-78?. The molecule has 0 aliphatic carbocycles. The van der Waals surface area contributed by atoms with E-state index in [-0.39, 0.29) is 43.9 Å². The molecule has 0 unspecified atom stereocenters. The fourth-order valence-corrected chi connectivity index (χ4v) is 8.60. The molecule has 83 heavy (non-hydrogen) atoms. The molecule has 452 valence electrons. The Morgan fingerprint density at radius 3 is 1.34 bits per heavy atom. The van der Waals surface area contributed by atoms with Crippen LogP contribution in [0.5, 0.6) is 11.5 Å². The topological polar surface area (TPSA) is 46.4 Å². The Hall–Kier alpha value is -6.88. The third-order valence-corrected chi connectivity index (χ3v) is 13.4. The lowest BCUT2D eigenvalue weighted by atomic mass is 9.85. The highest BCUT2D eigenvalue weighted by atomic mass is 32.1. The Morgan fingerprint density at radius 1 is 0.470 bits per heavy atom. The first kappa shape index (κ1) is 65.3. The molecule has 4 aromatic carbocycles. The summed E-state index contributed by atoms with van der Waals surface area (Å²) >= 11 is 1.25. The molecule has 1 aliphatic rings. The van der Waals surface area contributed by atoms with Crippen LogP contribution in [0.1, 0.15) is 68.5 Å². The van der Waals surface area contributed by atoms with E-state index in [9.17, 15) is 105 Å². The van der Waals surface area contributed by atoms with Crippen molar-refractivity contribution in [3.05, 3.63) is 146 Å². The number of halogens is 24. The van der Waals surface area contributed by atoms with E-state index in [0.717, 1.165) is 58.1 Å². The van der Waals surface area contributed by atoms with Crippen molar-refractivity contribution in [2.75, 3.05) is 19.8 Å². The van der Waals surface area contributed by atoms with Gasteiger partial charge in [0.2, 0.25) is 0 Å². The summed E-state index contributed by atoms with van der Waals surface area (Å²) in [6.45, 7) is 1.63. The second-order valence-corrected chi connectivity index (χ2v) is 19.3. The molecule has 30 heteroatoms. The smallest absolute Gasteiger partial charge is 0.460 e. The molecule has 0 radical (unpaired) electrons. The molecule has 0 saturated carbocycles. The third-order valence-electron chi connectivity index (χ3n) is 12.3. The van der Waals surface area contributed by atoms with Gasteiger partial charge in [0.15, 0.2) is 11.5 Å². The van der Waals surface area contributed by atoms with Crippen molar-refractivity contribution in [2.45, 2.75) is 98.4 Å². The summed E-state index contributed by atoms with van der Waals surface area (Å²) in [4.78, 5) is 1.19. The highest BCUT2D eigenvalue weighted by Crippen LogP contribution is 2.66. The van der Waals surface area contributed by atoms with E-state index in [2.05, 4.69) is 10.3 Å². The molecule has 0 N–H and O–H groups in total. The van der Waals surface area contributed by atoms with Crippen LogP contribution < -0.4 is 9.47 Å². The van der Waals surface area contributed by atoms with Crippen molar-refractivity contribution < 1.29 is 115 Å². The lowest BCUT2D eigenvalue weighted by Gasteiger charge is -2.44. The molecule has 1 aliphatic heterocycles. The third kappa shape index (κ3) is 12.8. The molecule has 2 heterocycles. The zero-order chi connectivity index (χ0) is 62.0. The number of thiophene rings is 1. The lowest BCUT2D eigenvalue weighted by Crippen LogP contribution is -2.76. The van der Waals surface area contributed by atoms with Crippen LogP contribution >= 0.6 is 11.3 Å². The van der Waals surface area contributed by atoms with Crippen LogP contribution in [0.2, 0.25) is 0 Å². The Kier molecular flexibility index (Phi) is 18.6. The zero-order valence-corrected chi connectivity index (χ0v) is 42.6. The molecule has 1 aromatic heterocycles. The molecular weight excluding hydrogens is 1200 g/mol. The van der Waals surface area contributed by atoms with Crippen molar-refractivity contribution in [3.8, 4) is 11.5 Å². The van der Waals surface area contributed by atoms with E-state index in [1.165, 1.54) is 29.6 Å². The van der Waals surface area contributed by atoms with E-state index in [4.69, 9.17) is 9.47 Å². The highest BCUT2D eigenvalue weighted by Gasteiger charge is 2.97. The monoisotopic (exact) mass is 1240 g/mol. The minimum absolute atomic E-state index is 0.0359. The molecule has 5 aromatic rings. The number of benzene rings is 4. The average molecular weight is 1240 g/mol. The molecule has 0 fully saturated rings. The first-order valence-corrected chi connectivity index (χ1v) is 24.5. The fourth-order valence-electron chi connectivity index (χ4n) is 7.60. The second kappa shape index (κ2) is 23.6. The van der Waals surface area contributed by atoms with Crippen molar-refractivity contribution in [2.24, 2.45) is 10.3 Å². The Morgan fingerprint density at radius 2 is 0.880 bits per heavy atom. The minimum atomic E-state index is -9.26. The Bertz CT molecular complexity index is 3150. The first-order valence-electron chi connectivity index (χ1n) is 23.7. The summed E-state index contributed by atoms with van der Waals surface area (Å²) in [6.07, 6.45) is -6.73. The zero-order valence-electron chi connectivity index (χ0n) is 41.8. The quantitative estimate of drug-likeness (QED) is 0.0283. The molecule has 6 rings (SSSR count). The molecule has 0 spiro atoms. The lowest BCUT2D eigenvalue weighted by molar-refractivity contribution is -0.474. The molecule has 0 bridgehead atoms. The van der Waals surface area contributed by atoms with Gasteiger partial charge in [-0.15, -0.1) is 16.5 Å². The van der Waals surface area contributed by atoms with Gasteiger partial charge in [0.25, 0.3) is 0 Å². The van der Waals surface area contributed by atoms with Crippen LogP contribution in [0.25, 0.3) is 36.5 Å². The Balaban J connectivity index is 1.13. The van der Waals surface area contributed by atoms with E-state index in [1.54, 1.807) is 6.92 Å². The van der Waals surface area contributed by atoms with Gasteiger partial charge < -0.3 is 9.47 Å². The summed E-state index contributed by atoms with van der Waals surface area (Å²) in [7, 11) is 0. The maximum atomic E-state index is 14.7. The van der Waals surface area contributed by atoms with Crippen molar-refractivity contribution in [3.63, 3.8) is 0 Å². The van der Waals surface area contributed by atoms with Crippen LogP contribution in [-0.4, -0.2) is 84.2 Å². The molecular formula is C53H39F24N3O2S. The van der Waals surface area contributed by atoms with Crippen LogP contribution in [0, 0.1) is 0 Å². The number of fused-ring (bicyclic) bond motifs is 1. The predicted octanol–water partition coefficient (Wildman–Crippen LogP) is 19.2. The molecule has 5 nitrogen and oxygen atoms in total. The largest absolute Gasteiger partial charge is 0.485 e. The van der Waals surface area contributed by atoms with Crippen molar-refractivity contribution in [1.82, 2.24) is 5.01 Å². The van der Waals surface area contributed by atoms with Gasteiger partial charge in [-0.25, -0.2) is 0 Å². The first-order chi connectivity index (χ1) is 38.2. The van der Waals surface area contributed by atoms with E-state index in [1.807, 2.05) is 78.9 Å². The van der Waals surface area contributed by atoms with Gasteiger partial charge in [0, 0.05) is 13.0 Å². The number of aryl methyl sites for hydroxylation is 1. The van der Waals surface area contributed by atoms with Crippen LogP contribution in [0.3, 0.4) is 0 Å². The van der Waals surface area contributed by atoms with Gasteiger partial charge in [-0.1, -0.05) is 121 Å². The van der Waals surface area contributed by atoms with Crippen LogP contribution in [0.15, 0.2) is 107 Å². The van der Waals surface area contributed by atoms with Gasteiger partial charge in [0.1, 0.15) is 13.2 Å². The number of hydrogen-bond donors (Lipinski definition) is 0. The minimum Gasteiger partial charge on any atom is -0.485 e. The Labute approximate surface area is 458 Å². The van der Waals surface area contributed by atoms with Crippen molar-refractivity contribution >= 4 is 53.5 Å². The van der Waals surface area contributed by atoms with Crippen LogP contribution in [-0.2, 0) is 19.1 Å². The number of alkyl halides is 24. The summed E-state index contributed by atoms with van der Waals surface area (Å²) in [6, 6.07) is 24.0. The highest BCUT2D eigenvalue weighted by molar-refractivity contribution is 7.14. The predicted molar refractivity (Wildman–Crippen MR) is 257 cm³/mol. The van der Waals surface area contributed by atoms with E-state index < -0.39 is 95.3 Å². The summed E-state index contributed by atoms with van der Waals surface area (Å²) < 4.78 is 345. The normalized spacial score (nSPS) is 15.0. The van der Waals surface area contributed by atoms with E-state index >= 15 is 0 Å². The number of rotatable bonds is 23. The van der Waals surface area contributed by atoms with Crippen LogP contribution in [0.4, 0.5) is 111 Å². The number of hydrogen-bond acceptors (Lipinski definition) is 5. The summed E-state index contributed by atoms with van der Waals surface area (Å²) in [5, 5.41) is 8.69. The number of nitrogens with zero attached hydrogens (tertiary/aromatic N) is 3. The maximum Gasteiger partial charge on any atom is 0.460 e. The van der Waals surface area contributed by atoms with Gasteiger partial charge in [-0.2, -0.15) is 105 Å². The average Bonchev–Trinajstić information content (AvgIpc) is 1.17. The number of ether oxygens (including phenoxy) is 2. The van der Waals surface area contributed by atoms with Gasteiger partial charge in [-0.05, 0) is 70.5 Å². The van der Waals surface area contributed by atoms with Crippen molar-refractivity contribution in [1.29, 1.82) is 0 Å². The van der Waals surface area contributed by atoms with E-state index in [0.29, 0.717) is 21.3 Å². The molecule has 0 amide bonds. The SMILES string of the molecule is CCCN(Cc1ccc(CCC(F)(F)C(F)(F)C(F)(F)C(F)(F)C(F)(F)C(F)(F)C(F)(F)C(F)(F)C(F)(F)C(F)(F)F)cc1)N=Nc1ccc(/C=C/c2sc(/C=C/c3ccc(/C=C/c4ccccc4)cc3)c3c2OCCO3)cc1C(F)(F)F.